The van der Waals surface area contributed by atoms with Gasteiger partial charge < -0.3 is 10.0 Å². The zero-order chi connectivity index (χ0) is 13.9. The van der Waals surface area contributed by atoms with Gasteiger partial charge in [0.25, 0.3) is 0 Å². The van der Waals surface area contributed by atoms with E-state index >= 15 is 0 Å². The van der Waals surface area contributed by atoms with Gasteiger partial charge in [0.05, 0.1) is 16.8 Å². The molecule has 0 unspecified atom stereocenters. The van der Waals surface area contributed by atoms with Gasteiger partial charge in [-0.1, -0.05) is 11.6 Å². The van der Waals surface area contributed by atoms with Crippen LogP contribution in [0.2, 0.25) is 5.02 Å². The first kappa shape index (κ1) is 14.8. The zero-order valence-corrected chi connectivity index (χ0v) is 12.2. The van der Waals surface area contributed by atoms with Gasteiger partial charge in [-0.05, 0) is 50.2 Å². The normalized spacial score (nSPS) is 18.6. The maximum Gasteiger partial charge on any atom is 0.181 e. The third kappa shape index (κ3) is 3.48. The minimum absolute atomic E-state index is 0.120. The molecule has 2 rings (SSSR count). The first-order valence-corrected chi connectivity index (χ1v) is 8.29. The van der Waals surface area contributed by atoms with Crippen molar-refractivity contribution in [3.05, 3.63) is 29.3 Å². The molecule has 0 aliphatic carbocycles. The van der Waals surface area contributed by atoms with E-state index in [1.807, 2.05) is 0 Å². The fraction of sp³-hybridized carbons (Fsp3) is 0.538. The second-order valence-corrected chi connectivity index (χ2v) is 7.43. The number of rotatable bonds is 4. The molecule has 1 aromatic rings. The zero-order valence-electron chi connectivity index (χ0n) is 10.6. The second kappa shape index (κ2) is 6.22. The summed E-state index contributed by atoms with van der Waals surface area (Å²) in [6.07, 6.45) is 1.23. The summed E-state index contributed by atoms with van der Waals surface area (Å²) in [5.41, 5.74) is 0. The van der Waals surface area contributed by atoms with Crippen molar-refractivity contribution in [3.63, 3.8) is 0 Å². The number of hydrogen-bond acceptors (Lipinski definition) is 4. The molecule has 1 heterocycles. The van der Waals surface area contributed by atoms with Gasteiger partial charge >= 0.3 is 0 Å². The molecule has 1 saturated heterocycles. The van der Waals surface area contributed by atoms with Crippen LogP contribution in [0.5, 0.6) is 0 Å². The molecule has 1 fully saturated rings. The Labute approximate surface area is 118 Å². The summed E-state index contributed by atoms with van der Waals surface area (Å²) in [7, 11) is -3.26. The number of sulfone groups is 1. The van der Waals surface area contributed by atoms with Gasteiger partial charge in [0.15, 0.2) is 9.84 Å². The molecule has 0 amide bonds. The monoisotopic (exact) mass is 303 g/mol. The minimum Gasteiger partial charge on any atom is -0.395 e. The molecular formula is C13H18ClNO3S. The molecule has 0 aromatic heterocycles. The Morgan fingerprint density at radius 1 is 1.21 bits per heavy atom. The maximum atomic E-state index is 12.5. The fourth-order valence-electron chi connectivity index (χ4n) is 2.40. The summed E-state index contributed by atoms with van der Waals surface area (Å²) in [5.74, 6) is 0. The van der Waals surface area contributed by atoms with E-state index < -0.39 is 9.84 Å². The standard InChI is InChI=1S/C13H18ClNO3S/c14-11-1-3-12(4-2-11)19(17,18)13-5-7-15(8-6-13)9-10-16/h1-4,13,16H,5-10H2. The highest BCUT2D eigenvalue weighted by atomic mass is 35.5. The van der Waals surface area contributed by atoms with E-state index in [0.29, 0.717) is 29.3 Å². The average Bonchev–Trinajstić information content (AvgIpc) is 2.40. The molecule has 1 N–H and O–H groups in total. The Morgan fingerprint density at radius 2 is 1.79 bits per heavy atom. The van der Waals surface area contributed by atoms with Crippen LogP contribution in [0.3, 0.4) is 0 Å². The van der Waals surface area contributed by atoms with E-state index in [9.17, 15) is 8.42 Å². The molecule has 1 aromatic carbocycles. The first-order valence-electron chi connectivity index (χ1n) is 6.36. The van der Waals surface area contributed by atoms with E-state index in [4.69, 9.17) is 16.7 Å². The van der Waals surface area contributed by atoms with Crippen LogP contribution in [-0.2, 0) is 9.84 Å². The Balaban J connectivity index is 2.07. The predicted octanol–water partition coefficient (Wildman–Crippen LogP) is 1.57. The molecular weight excluding hydrogens is 286 g/mol. The summed E-state index contributed by atoms with van der Waals surface area (Å²) in [4.78, 5) is 2.44. The topological polar surface area (TPSA) is 57.6 Å². The molecule has 0 bridgehead atoms. The lowest BCUT2D eigenvalue weighted by Crippen LogP contribution is -2.40. The highest BCUT2D eigenvalue weighted by Crippen LogP contribution is 2.25. The minimum atomic E-state index is -3.26. The molecule has 1 aliphatic rings. The van der Waals surface area contributed by atoms with Crippen molar-refractivity contribution in [2.75, 3.05) is 26.2 Å². The molecule has 0 saturated carbocycles. The Hall–Kier alpha value is -0.620. The van der Waals surface area contributed by atoms with Crippen LogP contribution in [0.25, 0.3) is 0 Å². The van der Waals surface area contributed by atoms with E-state index in [0.717, 1.165) is 13.1 Å². The van der Waals surface area contributed by atoms with Crippen LogP contribution in [0.4, 0.5) is 0 Å². The highest BCUT2D eigenvalue weighted by Gasteiger charge is 2.30. The third-order valence-electron chi connectivity index (χ3n) is 3.53. The molecule has 0 radical (unpaired) electrons. The molecule has 4 nitrogen and oxygen atoms in total. The number of benzene rings is 1. The van der Waals surface area contributed by atoms with Crippen molar-refractivity contribution in [1.82, 2.24) is 4.90 Å². The van der Waals surface area contributed by atoms with Gasteiger partial charge in [-0.2, -0.15) is 0 Å². The molecule has 0 atom stereocenters. The fourth-order valence-corrected chi connectivity index (χ4v) is 4.26. The quantitative estimate of drug-likeness (QED) is 0.917. The lowest BCUT2D eigenvalue weighted by Gasteiger charge is -2.31. The lowest BCUT2D eigenvalue weighted by atomic mass is 10.1. The van der Waals surface area contributed by atoms with E-state index in [2.05, 4.69) is 4.90 Å². The summed E-state index contributed by atoms with van der Waals surface area (Å²) in [6, 6.07) is 6.35. The summed E-state index contributed by atoms with van der Waals surface area (Å²) in [6.45, 7) is 2.18. The number of hydrogen-bond donors (Lipinski definition) is 1. The maximum absolute atomic E-state index is 12.5. The van der Waals surface area contributed by atoms with Crippen molar-refractivity contribution < 1.29 is 13.5 Å². The van der Waals surface area contributed by atoms with E-state index in [1.165, 1.54) is 0 Å². The second-order valence-electron chi connectivity index (χ2n) is 4.76. The van der Waals surface area contributed by atoms with Crippen LogP contribution >= 0.6 is 11.6 Å². The molecule has 106 valence electrons. The number of likely N-dealkylation sites (tertiary alicyclic amines) is 1. The van der Waals surface area contributed by atoms with E-state index in [1.54, 1.807) is 24.3 Å². The van der Waals surface area contributed by atoms with Crippen LogP contribution in [-0.4, -0.2) is 49.9 Å². The Kier molecular flexibility index (Phi) is 4.84. The third-order valence-corrected chi connectivity index (χ3v) is 6.06. The number of β-amino-alcohol motifs (C(OH)–C–C–N with tert-alkyl or cyclic N) is 1. The van der Waals surface area contributed by atoms with Gasteiger partial charge in [-0.15, -0.1) is 0 Å². The number of piperidine rings is 1. The number of aliphatic hydroxyl groups excluding tert-OH is 1. The van der Waals surface area contributed by atoms with Crippen molar-refractivity contribution in [2.45, 2.75) is 23.0 Å². The SMILES string of the molecule is O=S(=O)(c1ccc(Cl)cc1)C1CCN(CCO)CC1. The number of halogens is 1. The van der Waals surface area contributed by atoms with Gasteiger partial charge in [-0.3, -0.25) is 0 Å². The first-order chi connectivity index (χ1) is 9.04. The highest BCUT2D eigenvalue weighted by molar-refractivity contribution is 7.92. The van der Waals surface area contributed by atoms with E-state index in [-0.39, 0.29) is 11.9 Å². The van der Waals surface area contributed by atoms with Crippen molar-refractivity contribution >= 4 is 21.4 Å². The van der Waals surface area contributed by atoms with Crippen molar-refractivity contribution in [2.24, 2.45) is 0 Å². The van der Waals surface area contributed by atoms with Crippen LogP contribution in [0.1, 0.15) is 12.8 Å². The number of aliphatic hydroxyl groups is 1. The molecule has 1 aliphatic heterocycles. The Bertz CT molecular complexity index is 507. The smallest absolute Gasteiger partial charge is 0.181 e. The Morgan fingerprint density at radius 3 is 2.32 bits per heavy atom. The van der Waals surface area contributed by atoms with Gasteiger partial charge in [0, 0.05) is 11.6 Å². The number of nitrogens with zero attached hydrogens (tertiary/aromatic N) is 1. The lowest BCUT2D eigenvalue weighted by molar-refractivity contribution is 0.174. The predicted molar refractivity (Wildman–Crippen MR) is 75.2 cm³/mol. The van der Waals surface area contributed by atoms with Crippen LogP contribution in [0.15, 0.2) is 29.2 Å². The molecule has 6 heteroatoms. The largest absolute Gasteiger partial charge is 0.395 e. The van der Waals surface area contributed by atoms with Crippen LogP contribution in [0, 0.1) is 0 Å². The van der Waals surface area contributed by atoms with Gasteiger partial charge in [0.2, 0.25) is 0 Å². The summed E-state index contributed by atoms with van der Waals surface area (Å²) >= 11 is 5.78. The van der Waals surface area contributed by atoms with Gasteiger partial charge in [0.1, 0.15) is 0 Å². The molecule has 0 spiro atoms. The van der Waals surface area contributed by atoms with Crippen molar-refractivity contribution in [3.8, 4) is 0 Å². The average molecular weight is 304 g/mol. The van der Waals surface area contributed by atoms with Crippen molar-refractivity contribution in [1.29, 1.82) is 0 Å². The summed E-state index contributed by atoms with van der Waals surface area (Å²) in [5, 5.41) is 9.08. The summed E-state index contributed by atoms with van der Waals surface area (Å²) < 4.78 is 24.9. The molecule has 19 heavy (non-hydrogen) atoms. The van der Waals surface area contributed by atoms with Crippen LogP contribution < -0.4 is 0 Å². The van der Waals surface area contributed by atoms with Gasteiger partial charge in [-0.25, -0.2) is 8.42 Å².